The molecule has 0 saturated carbocycles. The first-order valence-corrected chi connectivity index (χ1v) is 6.58. The Balaban J connectivity index is 2.13. The van der Waals surface area contributed by atoms with E-state index in [2.05, 4.69) is 11.1 Å². The van der Waals surface area contributed by atoms with E-state index in [-0.39, 0.29) is 5.82 Å². The van der Waals surface area contributed by atoms with Gasteiger partial charge in [-0.15, -0.1) is 0 Å². The number of hydrogen-bond donors (Lipinski definition) is 1. The number of nitrogens with zero attached hydrogens (tertiary/aromatic N) is 2. The van der Waals surface area contributed by atoms with E-state index in [1.807, 2.05) is 43.3 Å². The largest absolute Gasteiger partial charge is 0.467 e. The number of nitriles is 1. The summed E-state index contributed by atoms with van der Waals surface area (Å²) in [5.74, 6) is 0.968. The third-order valence-electron chi connectivity index (χ3n) is 2.96. The summed E-state index contributed by atoms with van der Waals surface area (Å²) in [5.41, 5.74) is 7.18. The van der Waals surface area contributed by atoms with Gasteiger partial charge in [-0.25, -0.2) is 4.99 Å². The third-order valence-corrected chi connectivity index (χ3v) is 4.07. The Kier molecular flexibility index (Phi) is 2.61. The van der Waals surface area contributed by atoms with Crippen LogP contribution in [0.15, 0.2) is 46.7 Å². The molecule has 94 valence electrons. The number of nitrogens with two attached hydrogens (primary N) is 1. The second-order valence-electron chi connectivity index (χ2n) is 4.25. The van der Waals surface area contributed by atoms with E-state index < -0.39 is 4.93 Å². The molecule has 0 aromatic heterocycles. The average molecular weight is 269 g/mol. The van der Waals surface area contributed by atoms with Crippen LogP contribution in [0.3, 0.4) is 0 Å². The van der Waals surface area contributed by atoms with Crippen molar-refractivity contribution in [1.82, 2.24) is 0 Å². The molecule has 2 aliphatic rings. The minimum Gasteiger partial charge on any atom is -0.467 e. The van der Waals surface area contributed by atoms with Crippen molar-refractivity contribution >= 4 is 22.9 Å². The van der Waals surface area contributed by atoms with Crippen molar-refractivity contribution in [1.29, 1.82) is 5.26 Å². The van der Waals surface area contributed by atoms with E-state index >= 15 is 0 Å². The SMILES string of the molecule is CC1=NC(N)=C(C#N)C2(C=Cc3ccccc3O2)S1. The molecule has 0 saturated heterocycles. The Morgan fingerprint density at radius 2 is 2.21 bits per heavy atom. The molecule has 1 spiro atoms. The quantitative estimate of drug-likeness (QED) is 0.786. The highest BCUT2D eigenvalue weighted by atomic mass is 32.2. The maximum atomic E-state index is 9.33. The molecular weight excluding hydrogens is 258 g/mol. The lowest BCUT2D eigenvalue weighted by atomic mass is 10.0. The number of benzene rings is 1. The Morgan fingerprint density at radius 3 is 3.00 bits per heavy atom. The summed E-state index contributed by atoms with van der Waals surface area (Å²) < 4.78 is 6.04. The molecule has 4 nitrogen and oxygen atoms in total. The molecule has 0 aliphatic carbocycles. The lowest BCUT2D eigenvalue weighted by Crippen LogP contribution is -2.38. The van der Waals surface area contributed by atoms with Gasteiger partial charge in [-0.05, 0) is 19.1 Å². The zero-order valence-electron chi connectivity index (χ0n) is 10.3. The van der Waals surface area contributed by atoms with Crippen LogP contribution in [0.25, 0.3) is 6.08 Å². The maximum Gasteiger partial charge on any atom is 0.218 e. The number of thioether (sulfide) groups is 1. The second-order valence-corrected chi connectivity index (χ2v) is 5.65. The highest BCUT2D eigenvalue weighted by molar-refractivity contribution is 8.15. The molecule has 1 aromatic rings. The van der Waals surface area contributed by atoms with Gasteiger partial charge in [0.25, 0.3) is 0 Å². The molecule has 1 unspecified atom stereocenters. The molecule has 0 radical (unpaired) electrons. The Bertz CT molecular complexity index is 684. The summed E-state index contributed by atoms with van der Waals surface area (Å²) in [7, 11) is 0. The fourth-order valence-corrected chi connectivity index (χ4v) is 3.23. The molecule has 0 bridgehead atoms. The number of rotatable bonds is 0. The summed E-state index contributed by atoms with van der Waals surface area (Å²) in [6.07, 6.45) is 3.82. The predicted molar refractivity (Wildman–Crippen MR) is 76.4 cm³/mol. The maximum absolute atomic E-state index is 9.33. The molecule has 0 fully saturated rings. The molecule has 5 heteroatoms. The van der Waals surface area contributed by atoms with E-state index in [0.717, 1.165) is 16.4 Å². The molecule has 0 amide bonds. The van der Waals surface area contributed by atoms with E-state index in [9.17, 15) is 5.26 Å². The van der Waals surface area contributed by atoms with E-state index in [1.165, 1.54) is 11.8 Å². The summed E-state index contributed by atoms with van der Waals surface area (Å²) in [6.45, 7) is 1.85. The van der Waals surface area contributed by atoms with Crippen molar-refractivity contribution in [2.75, 3.05) is 0 Å². The molecule has 2 heterocycles. The van der Waals surface area contributed by atoms with Gasteiger partial charge < -0.3 is 10.5 Å². The second kappa shape index (κ2) is 4.18. The highest BCUT2D eigenvalue weighted by Crippen LogP contribution is 2.45. The van der Waals surface area contributed by atoms with Crippen LogP contribution in [0.4, 0.5) is 0 Å². The smallest absolute Gasteiger partial charge is 0.218 e. The predicted octanol–water partition coefficient (Wildman–Crippen LogP) is 2.65. The molecule has 3 rings (SSSR count). The van der Waals surface area contributed by atoms with E-state index in [1.54, 1.807) is 0 Å². The molecule has 19 heavy (non-hydrogen) atoms. The van der Waals surface area contributed by atoms with Crippen LogP contribution < -0.4 is 10.5 Å². The molecule has 1 atom stereocenters. The van der Waals surface area contributed by atoms with Crippen molar-refractivity contribution in [3.63, 3.8) is 0 Å². The number of fused-ring (bicyclic) bond motifs is 1. The van der Waals surface area contributed by atoms with Gasteiger partial charge in [0.15, 0.2) is 0 Å². The summed E-state index contributed by atoms with van der Waals surface area (Å²) >= 11 is 1.39. The van der Waals surface area contributed by atoms with Gasteiger partial charge in [0.05, 0.1) is 5.04 Å². The van der Waals surface area contributed by atoms with Crippen LogP contribution >= 0.6 is 11.8 Å². The van der Waals surface area contributed by atoms with Crippen molar-refractivity contribution in [3.05, 3.63) is 47.3 Å². The topological polar surface area (TPSA) is 71.4 Å². The van der Waals surface area contributed by atoms with Crippen LogP contribution in [0.5, 0.6) is 5.75 Å². The van der Waals surface area contributed by atoms with Crippen LogP contribution in [-0.4, -0.2) is 9.98 Å². The Morgan fingerprint density at radius 1 is 1.42 bits per heavy atom. The lowest BCUT2D eigenvalue weighted by Gasteiger charge is -2.35. The first kappa shape index (κ1) is 11.9. The number of aliphatic imine (C=N–C) groups is 1. The van der Waals surface area contributed by atoms with Gasteiger partial charge in [-0.1, -0.05) is 36.0 Å². The first-order chi connectivity index (χ1) is 9.14. The van der Waals surface area contributed by atoms with Crippen LogP contribution in [0.1, 0.15) is 12.5 Å². The van der Waals surface area contributed by atoms with Crippen molar-refractivity contribution < 1.29 is 4.74 Å². The molecular formula is C14H11N3OS. The van der Waals surface area contributed by atoms with Crippen molar-refractivity contribution in [2.24, 2.45) is 10.7 Å². The van der Waals surface area contributed by atoms with Crippen molar-refractivity contribution in [3.8, 4) is 11.8 Å². The third kappa shape index (κ3) is 1.81. The highest BCUT2D eigenvalue weighted by Gasteiger charge is 2.43. The van der Waals surface area contributed by atoms with Gasteiger partial charge >= 0.3 is 0 Å². The van der Waals surface area contributed by atoms with Gasteiger partial charge in [0.2, 0.25) is 4.93 Å². The monoisotopic (exact) mass is 269 g/mol. The summed E-state index contributed by atoms with van der Waals surface area (Å²) in [4.78, 5) is 3.25. The number of hydrogen-bond acceptors (Lipinski definition) is 5. The Labute approximate surface area is 115 Å². The zero-order valence-corrected chi connectivity index (χ0v) is 11.1. The Hall–Kier alpha value is -2.19. The summed E-state index contributed by atoms with van der Waals surface area (Å²) in [6, 6.07) is 9.81. The zero-order chi connectivity index (χ0) is 13.5. The molecule has 2 aliphatic heterocycles. The van der Waals surface area contributed by atoms with Crippen LogP contribution in [0.2, 0.25) is 0 Å². The lowest BCUT2D eigenvalue weighted by molar-refractivity contribution is 0.252. The van der Waals surface area contributed by atoms with Gasteiger partial charge in [-0.2, -0.15) is 5.26 Å². The normalized spacial score (nSPS) is 24.5. The minimum atomic E-state index is -0.890. The van der Waals surface area contributed by atoms with Crippen LogP contribution in [-0.2, 0) is 0 Å². The minimum absolute atomic E-state index is 0.225. The number of para-hydroxylation sites is 1. The molecule has 1 aromatic carbocycles. The number of ether oxygens (including phenoxy) is 1. The van der Waals surface area contributed by atoms with E-state index in [0.29, 0.717) is 5.57 Å². The fourth-order valence-electron chi connectivity index (χ4n) is 2.13. The first-order valence-electron chi connectivity index (χ1n) is 5.76. The van der Waals surface area contributed by atoms with Gasteiger partial charge in [0, 0.05) is 5.56 Å². The average Bonchev–Trinajstić information content (AvgIpc) is 2.38. The standard InChI is InChI=1S/C14H11N3OS/c1-9-17-13(16)11(8-15)14(19-9)7-6-10-4-2-3-5-12(10)18-14/h2-7H,16H2,1H3. The van der Waals surface area contributed by atoms with Gasteiger partial charge in [-0.3, -0.25) is 0 Å². The van der Waals surface area contributed by atoms with E-state index in [4.69, 9.17) is 10.5 Å². The fraction of sp³-hybridized carbons (Fsp3) is 0.143. The van der Waals surface area contributed by atoms with Crippen LogP contribution in [0, 0.1) is 11.3 Å². The van der Waals surface area contributed by atoms with Crippen molar-refractivity contribution in [2.45, 2.75) is 11.9 Å². The summed E-state index contributed by atoms with van der Waals surface area (Å²) in [5, 5.41) is 10.1. The van der Waals surface area contributed by atoms with Gasteiger partial charge in [0.1, 0.15) is 23.2 Å². The molecule has 2 N–H and O–H groups in total.